The molecule has 2 heterocycles. The molecule has 0 amide bonds. The van der Waals surface area contributed by atoms with Crippen molar-refractivity contribution in [2.45, 2.75) is 6.61 Å². The number of nitrogens with zero attached hydrogens (tertiary/aromatic N) is 4. The van der Waals surface area contributed by atoms with Gasteiger partial charge in [0, 0.05) is 35.8 Å². The summed E-state index contributed by atoms with van der Waals surface area (Å²) in [4.78, 5) is 27.0. The minimum atomic E-state index is -0.506. The highest BCUT2D eigenvalue weighted by Crippen LogP contribution is 2.31. The van der Waals surface area contributed by atoms with E-state index in [1.807, 2.05) is 12.1 Å². The van der Waals surface area contributed by atoms with Gasteiger partial charge in [0.25, 0.3) is 11.2 Å². The number of rotatable bonds is 5. The van der Waals surface area contributed by atoms with Crippen molar-refractivity contribution in [1.29, 1.82) is 0 Å². The van der Waals surface area contributed by atoms with Crippen LogP contribution in [0.15, 0.2) is 71.5 Å². The van der Waals surface area contributed by atoms with Gasteiger partial charge in [-0.3, -0.25) is 14.9 Å². The first-order chi connectivity index (χ1) is 16.6. The van der Waals surface area contributed by atoms with Crippen LogP contribution in [0.2, 0.25) is 0 Å². The Kier molecular flexibility index (Phi) is 5.79. The molecule has 0 saturated carbocycles. The Hall–Kier alpha value is -4.08. The molecular weight excluding hydrogens is 436 g/mol. The summed E-state index contributed by atoms with van der Waals surface area (Å²) in [5.41, 5.74) is 2.09. The molecule has 0 bridgehead atoms. The van der Waals surface area contributed by atoms with Crippen molar-refractivity contribution in [1.82, 2.24) is 9.78 Å². The van der Waals surface area contributed by atoms with Crippen LogP contribution in [0.5, 0.6) is 0 Å². The Labute approximate surface area is 194 Å². The molecule has 34 heavy (non-hydrogen) atoms. The molecule has 5 rings (SSSR count). The van der Waals surface area contributed by atoms with Gasteiger partial charge in [0.1, 0.15) is 5.69 Å². The largest absolute Gasteiger partial charge is 0.392 e. The van der Waals surface area contributed by atoms with Crippen LogP contribution >= 0.6 is 0 Å². The Morgan fingerprint density at radius 2 is 1.76 bits per heavy atom. The molecule has 0 atom stereocenters. The normalized spacial score (nSPS) is 13.9. The van der Waals surface area contributed by atoms with Crippen molar-refractivity contribution in [3.8, 4) is 16.9 Å². The SMILES string of the molecule is O=c1c2ccccc2c(-c2cccc(CO)c2)nn1-c1cc(N2CCOCC2)ccc1[N+](=O)[O-]. The molecule has 1 N–H and O–H groups in total. The van der Waals surface area contributed by atoms with E-state index in [0.717, 1.165) is 10.4 Å². The monoisotopic (exact) mass is 458 g/mol. The van der Waals surface area contributed by atoms with Gasteiger partial charge in [-0.05, 0) is 29.8 Å². The highest BCUT2D eigenvalue weighted by atomic mass is 16.6. The van der Waals surface area contributed by atoms with Gasteiger partial charge in [0.2, 0.25) is 0 Å². The number of hydrogen-bond donors (Lipinski definition) is 1. The zero-order chi connectivity index (χ0) is 23.7. The summed E-state index contributed by atoms with van der Waals surface area (Å²) in [6.45, 7) is 2.28. The molecule has 1 saturated heterocycles. The van der Waals surface area contributed by atoms with Crippen molar-refractivity contribution >= 4 is 22.1 Å². The predicted octanol–water partition coefficient (Wildman–Crippen LogP) is 3.29. The van der Waals surface area contributed by atoms with E-state index in [1.54, 1.807) is 48.5 Å². The summed E-state index contributed by atoms with van der Waals surface area (Å²) in [7, 11) is 0. The average molecular weight is 458 g/mol. The number of nitro groups is 1. The van der Waals surface area contributed by atoms with Gasteiger partial charge in [0.05, 0.1) is 35.8 Å². The summed E-state index contributed by atoms with van der Waals surface area (Å²) in [5.74, 6) is 0. The molecule has 1 aromatic heterocycles. The first kappa shape index (κ1) is 21.7. The first-order valence-electron chi connectivity index (χ1n) is 10.9. The van der Waals surface area contributed by atoms with Gasteiger partial charge in [-0.2, -0.15) is 9.78 Å². The highest BCUT2D eigenvalue weighted by Gasteiger charge is 2.23. The quantitative estimate of drug-likeness (QED) is 0.361. The van der Waals surface area contributed by atoms with Crippen molar-refractivity contribution in [2.75, 3.05) is 31.2 Å². The molecule has 1 fully saturated rings. The molecule has 0 unspecified atom stereocenters. The number of aromatic nitrogens is 2. The molecular formula is C25H22N4O5. The molecule has 0 radical (unpaired) electrons. The molecule has 172 valence electrons. The van der Waals surface area contributed by atoms with Crippen LogP contribution in [-0.4, -0.2) is 46.1 Å². The third kappa shape index (κ3) is 3.91. The van der Waals surface area contributed by atoms with Crippen LogP contribution < -0.4 is 10.5 Å². The van der Waals surface area contributed by atoms with E-state index in [4.69, 9.17) is 4.74 Å². The molecule has 1 aliphatic rings. The number of nitro benzene ring substituents is 1. The summed E-state index contributed by atoms with van der Waals surface area (Å²) in [5, 5.41) is 27.1. The van der Waals surface area contributed by atoms with Crippen LogP contribution in [0.3, 0.4) is 0 Å². The number of aliphatic hydroxyl groups is 1. The summed E-state index contributed by atoms with van der Waals surface area (Å²) >= 11 is 0. The van der Waals surface area contributed by atoms with Gasteiger partial charge >= 0.3 is 0 Å². The zero-order valence-electron chi connectivity index (χ0n) is 18.3. The van der Waals surface area contributed by atoms with Crippen LogP contribution in [0, 0.1) is 10.1 Å². The maximum absolute atomic E-state index is 13.5. The second kappa shape index (κ2) is 9.05. The summed E-state index contributed by atoms with van der Waals surface area (Å²) in [6.07, 6.45) is 0. The lowest BCUT2D eigenvalue weighted by atomic mass is 10.0. The summed E-state index contributed by atoms with van der Waals surface area (Å²) < 4.78 is 6.53. The van der Waals surface area contributed by atoms with Crippen molar-refractivity contribution < 1.29 is 14.8 Å². The Morgan fingerprint density at radius 3 is 2.50 bits per heavy atom. The fourth-order valence-electron chi connectivity index (χ4n) is 4.24. The lowest BCUT2D eigenvalue weighted by molar-refractivity contribution is -0.384. The van der Waals surface area contributed by atoms with Crippen molar-refractivity contribution in [2.24, 2.45) is 0 Å². The first-order valence-corrected chi connectivity index (χ1v) is 10.9. The van der Waals surface area contributed by atoms with Crippen LogP contribution in [0.4, 0.5) is 11.4 Å². The minimum Gasteiger partial charge on any atom is -0.392 e. The Bertz CT molecular complexity index is 1440. The molecule has 9 nitrogen and oxygen atoms in total. The molecule has 0 spiro atoms. The second-order valence-corrected chi connectivity index (χ2v) is 8.00. The summed E-state index contributed by atoms with van der Waals surface area (Å²) in [6, 6.07) is 19.0. The Morgan fingerprint density at radius 1 is 1.00 bits per heavy atom. The van der Waals surface area contributed by atoms with Crippen molar-refractivity contribution in [3.05, 3.63) is 92.8 Å². The van der Waals surface area contributed by atoms with E-state index >= 15 is 0 Å². The second-order valence-electron chi connectivity index (χ2n) is 8.00. The number of fused-ring (bicyclic) bond motifs is 1. The van der Waals surface area contributed by atoms with Gasteiger partial charge in [-0.15, -0.1) is 0 Å². The standard InChI is InChI=1S/C25H22N4O5/c30-16-17-4-3-5-18(14-17)24-20-6-1-2-7-21(20)25(31)28(26-24)23-15-19(8-9-22(23)29(32)33)27-10-12-34-13-11-27/h1-9,14-15,30H,10-13,16H2. The number of hydrogen-bond acceptors (Lipinski definition) is 7. The fraction of sp³-hybridized carbons (Fsp3) is 0.200. The number of aliphatic hydroxyl groups excluding tert-OH is 1. The van der Waals surface area contributed by atoms with E-state index in [2.05, 4.69) is 10.00 Å². The third-order valence-corrected chi connectivity index (χ3v) is 5.95. The number of ether oxygens (including phenoxy) is 1. The molecule has 0 aliphatic carbocycles. The minimum absolute atomic E-state index is 0.101. The van der Waals surface area contributed by atoms with E-state index in [0.29, 0.717) is 53.9 Å². The third-order valence-electron chi connectivity index (χ3n) is 5.95. The van der Waals surface area contributed by atoms with E-state index in [1.165, 1.54) is 6.07 Å². The van der Waals surface area contributed by atoms with Crippen LogP contribution in [0.25, 0.3) is 27.7 Å². The van der Waals surface area contributed by atoms with E-state index in [9.17, 15) is 20.0 Å². The fourth-order valence-corrected chi connectivity index (χ4v) is 4.24. The average Bonchev–Trinajstić information content (AvgIpc) is 2.89. The smallest absolute Gasteiger partial charge is 0.295 e. The molecule has 1 aliphatic heterocycles. The topological polar surface area (TPSA) is 111 Å². The van der Waals surface area contributed by atoms with Gasteiger partial charge < -0.3 is 14.7 Å². The van der Waals surface area contributed by atoms with Gasteiger partial charge in [0.15, 0.2) is 0 Å². The predicted molar refractivity (Wildman–Crippen MR) is 128 cm³/mol. The number of benzene rings is 3. The number of morpholine rings is 1. The maximum atomic E-state index is 13.5. The molecule has 3 aromatic carbocycles. The van der Waals surface area contributed by atoms with Gasteiger partial charge in [-0.1, -0.05) is 36.4 Å². The van der Waals surface area contributed by atoms with E-state index in [-0.39, 0.29) is 18.0 Å². The van der Waals surface area contributed by atoms with E-state index < -0.39 is 10.5 Å². The van der Waals surface area contributed by atoms with Gasteiger partial charge in [-0.25, -0.2) is 0 Å². The lowest BCUT2D eigenvalue weighted by Crippen LogP contribution is -2.36. The van der Waals surface area contributed by atoms with Crippen molar-refractivity contribution in [3.63, 3.8) is 0 Å². The number of anilines is 1. The van der Waals surface area contributed by atoms with Crippen LogP contribution in [0.1, 0.15) is 5.56 Å². The Balaban J connectivity index is 1.78. The zero-order valence-corrected chi connectivity index (χ0v) is 18.3. The lowest BCUT2D eigenvalue weighted by Gasteiger charge is -2.29. The molecule has 4 aromatic rings. The molecule has 9 heteroatoms. The maximum Gasteiger partial charge on any atom is 0.295 e. The van der Waals surface area contributed by atoms with Crippen LogP contribution in [-0.2, 0) is 11.3 Å². The highest BCUT2D eigenvalue weighted by molar-refractivity contribution is 5.94.